The van der Waals surface area contributed by atoms with E-state index < -0.39 is 29.1 Å². The monoisotopic (exact) mass is 282 g/mol. The molecule has 0 spiro atoms. The number of esters is 1. The van der Waals surface area contributed by atoms with Gasteiger partial charge in [-0.3, -0.25) is 4.90 Å². The van der Waals surface area contributed by atoms with Gasteiger partial charge in [0.05, 0.1) is 18.6 Å². The first-order valence-electron chi connectivity index (χ1n) is 6.74. The highest BCUT2D eigenvalue weighted by molar-refractivity contribution is 5.87. The lowest BCUT2D eigenvalue weighted by atomic mass is 9.88. The van der Waals surface area contributed by atoms with Crippen molar-refractivity contribution < 1.29 is 19.1 Å². The van der Waals surface area contributed by atoms with Crippen LogP contribution in [0.5, 0.6) is 0 Å². The Morgan fingerprint density at radius 1 is 1.45 bits per heavy atom. The molecule has 0 radical (unpaired) electrons. The van der Waals surface area contributed by atoms with Gasteiger partial charge in [0.2, 0.25) is 0 Å². The van der Waals surface area contributed by atoms with Crippen LogP contribution in [0.4, 0.5) is 4.79 Å². The van der Waals surface area contributed by atoms with Gasteiger partial charge in [0, 0.05) is 6.54 Å². The van der Waals surface area contributed by atoms with Crippen molar-refractivity contribution in [1.29, 1.82) is 5.26 Å². The third kappa shape index (κ3) is 3.03. The van der Waals surface area contributed by atoms with Crippen molar-refractivity contribution in [2.24, 2.45) is 5.92 Å². The molecule has 0 aliphatic carbocycles. The molecule has 1 heterocycles. The van der Waals surface area contributed by atoms with E-state index >= 15 is 0 Å². The van der Waals surface area contributed by atoms with Crippen LogP contribution >= 0.6 is 0 Å². The number of ether oxygens (including phenoxy) is 2. The van der Waals surface area contributed by atoms with E-state index in [-0.39, 0.29) is 6.61 Å². The van der Waals surface area contributed by atoms with E-state index in [1.165, 1.54) is 4.90 Å². The summed E-state index contributed by atoms with van der Waals surface area (Å²) in [5.41, 5.74) is -1.94. The molecular formula is C14H22N2O4. The van der Waals surface area contributed by atoms with Crippen LogP contribution in [0.15, 0.2) is 0 Å². The van der Waals surface area contributed by atoms with E-state index in [9.17, 15) is 14.9 Å². The summed E-state index contributed by atoms with van der Waals surface area (Å²) >= 11 is 0. The van der Waals surface area contributed by atoms with Crippen molar-refractivity contribution >= 4 is 12.1 Å². The fourth-order valence-electron chi connectivity index (χ4n) is 2.28. The van der Waals surface area contributed by atoms with Gasteiger partial charge in [-0.1, -0.05) is 0 Å². The molecule has 6 heteroatoms. The maximum Gasteiger partial charge on any atom is 0.411 e. The summed E-state index contributed by atoms with van der Waals surface area (Å²) in [6.07, 6.45) is -0.156. The van der Waals surface area contributed by atoms with Gasteiger partial charge in [0.15, 0.2) is 5.54 Å². The number of amides is 1. The molecule has 1 fully saturated rings. The van der Waals surface area contributed by atoms with Crippen LogP contribution in [0.2, 0.25) is 0 Å². The SMILES string of the molecule is CCOC(=O)[C@@]1(C)C(C#N)CCN1C(=O)OC(C)(C)C. The van der Waals surface area contributed by atoms with Gasteiger partial charge in [-0.25, -0.2) is 9.59 Å². The Hall–Kier alpha value is -1.77. The summed E-state index contributed by atoms with van der Waals surface area (Å²) in [6, 6.07) is 2.09. The summed E-state index contributed by atoms with van der Waals surface area (Å²) in [5.74, 6) is -1.15. The van der Waals surface area contributed by atoms with Crippen molar-refractivity contribution in [3.05, 3.63) is 0 Å². The molecule has 112 valence electrons. The molecule has 1 aliphatic heterocycles. The molecule has 20 heavy (non-hydrogen) atoms. The Labute approximate surface area is 119 Å². The minimum Gasteiger partial charge on any atom is -0.464 e. The number of hydrogen-bond acceptors (Lipinski definition) is 5. The molecule has 0 saturated carbocycles. The first-order valence-corrected chi connectivity index (χ1v) is 6.74. The molecule has 1 saturated heterocycles. The Morgan fingerprint density at radius 2 is 2.05 bits per heavy atom. The lowest BCUT2D eigenvalue weighted by Gasteiger charge is -2.35. The average Bonchev–Trinajstić information content (AvgIpc) is 2.65. The second-order valence-electron chi connectivity index (χ2n) is 5.97. The van der Waals surface area contributed by atoms with E-state index in [4.69, 9.17) is 9.47 Å². The topological polar surface area (TPSA) is 79.6 Å². The molecule has 0 aromatic rings. The zero-order valence-corrected chi connectivity index (χ0v) is 12.7. The molecular weight excluding hydrogens is 260 g/mol. The number of likely N-dealkylation sites (tertiary alicyclic amines) is 1. The summed E-state index contributed by atoms with van der Waals surface area (Å²) in [5, 5.41) is 9.21. The lowest BCUT2D eigenvalue weighted by molar-refractivity contribution is -0.156. The number of nitrogens with zero attached hydrogens (tertiary/aromatic N) is 2. The Balaban J connectivity index is 3.04. The van der Waals surface area contributed by atoms with Crippen molar-refractivity contribution in [2.45, 2.75) is 52.2 Å². The van der Waals surface area contributed by atoms with Gasteiger partial charge < -0.3 is 9.47 Å². The molecule has 0 aromatic heterocycles. The van der Waals surface area contributed by atoms with E-state index in [0.717, 1.165) is 0 Å². The number of carbonyl (C=O) groups excluding carboxylic acids is 2. The van der Waals surface area contributed by atoms with Crippen LogP contribution in [-0.4, -0.2) is 41.3 Å². The fraction of sp³-hybridized carbons (Fsp3) is 0.786. The highest BCUT2D eigenvalue weighted by Gasteiger charge is 2.55. The smallest absolute Gasteiger partial charge is 0.411 e. The summed E-state index contributed by atoms with van der Waals surface area (Å²) in [4.78, 5) is 25.7. The van der Waals surface area contributed by atoms with Crippen molar-refractivity contribution in [1.82, 2.24) is 4.90 Å². The zero-order valence-electron chi connectivity index (χ0n) is 12.7. The molecule has 1 aliphatic rings. The number of nitriles is 1. The minimum atomic E-state index is -1.28. The molecule has 6 nitrogen and oxygen atoms in total. The molecule has 0 N–H and O–H groups in total. The van der Waals surface area contributed by atoms with Gasteiger partial charge in [-0.2, -0.15) is 5.26 Å². The van der Waals surface area contributed by atoms with Crippen LogP contribution < -0.4 is 0 Å². The summed E-state index contributed by atoms with van der Waals surface area (Å²) in [7, 11) is 0. The third-order valence-electron chi connectivity index (χ3n) is 3.34. The molecule has 0 aromatic carbocycles. The van der Waals surface area contributed by atoms with Crippen LogP contribution in [0, 0.1) is 17.2 Å². The minimum absolute atomic E-state index is 0.203. The normalized spacial score (nSPS) is 26.0. The summed E-state index contributed by atoms with van der Waals surface area (Å²) < 4.78 is 10.3. The average molecular weight is 282 g/mol. The molecule has 2 atom stereocenters. The maximum atomic E-state index is 12.2. The second-order valence-corrected chi connectivity index (χ2v) is 5.97. The Bertz CT molecular complexity index is 435. The van der Waals surface area contributed by atoms with Gasteiger partial charge in [-0.15, -0.1) is 0 Å². The standard InChI is InChI=1S/C14H22N2O4/c1-6-19-11(17)14(5)10(9-15)7-8-16(14)12(18)20-13(2,3)4/h10H,6-8H2,1-5H3/t10?,14-/m1/s1. The lowest BCUT2D eigenvalue weighted by Crippen LogP contribution is -2.55. The first-order chi connectivity index (χ1) is 9.16. The highest BCUT2D eigenvalue weighted by Crippen LogP contribution is 2.36. The Kier molecular flexibility index (Phi) is 4.64. The predicted octanol–water partition coefficient (Wildman–Crippen LogP) is 2.09. The predicted molar refractivity (Wildman–Crippen MR) is 71.7 cm³/mol. The second kappa shape index (κ2) is 5.70. The Morgan fingerprint density at radius 3 is 2.50 bits per heavy atom. The summed E-state index contributed by atoms with van der Waals surface area (Å²) in [6.45, 7) is 9.03. The fourth-order valence-corrected chi connectivity index (χ4v) is 2.28. The maximum absolute atomic E-state index is 12.2. The van der Waals surface area contributed by atoms with Crippen LogP contribution in [-0.2, 0) is 14.3 Å². The molecule has 1 amide bonds. The quantitative estimate of drug-likeness (QED) is 0.724. The van der Waals surface area contributed by atoms with Crippen molar-refractivity contribution in [3.8, 4) is 6.07 Å². The number of rotatable bonds is 2. The van der Waals surface area contributed by atoms with Crippen LogP contribution in [0.3, 0.4) is 0 Å². The van der Waals surface area contributed by atoms with E-state index in [1.54, 1.807) is 34.6 Å². The van der Waals surface area contributed by atoms with Crippen LogP contribution in [0.25, 0.3) is 0 Å². The number of hydrogen-bond donors (Lipinski definition) is 0. The molecule has 1 rings (SSSR count). The van der Waals surface area contributed by atoms with E-state index in [0.29, 0.717) is 13.0 Å². The zero-order chi connectivity index (χ0) is 15.6. The largest absolute Gasteiger partial charge is 0.464 e. The van der Waals surface area contributed by atoms with Crippen molar-refractivity contribution in [3.63, 3.8) is 0 Å². The van der Waals surface area contributed by atoms with E-state index in [2.05, 4.69) is 6.07 Å². The van der Waals surface area contributed by atoms with Gasteiger partial charge in [0.25, 0.3) is 0 Å². The van der Waals surface area contributed by atoms with Crippen molar-refractivity contribution in [2.75, 3.05) is 13.2 Å². The molecule has 1 unspecified atom stereocenters. The third-order valence-corrected chi connectivity index (χ3v) is 3.34. The number of carbonyl (C=O) groups is 2. The van der Waals surface area contributed by atoms with Gasteiger partial charge in [-0.05, 0) is 41.0 Å². The van der Waals surface area contributed by atoms with Gasteiger partial charge >= 0.3 is 12.1 Å². The van der Waals surface area contributed by atoms with Crippen LogP contribution in [0.1, 0.15) is 41.0 Å². The first kappa shape index (κ1) is 16.3. The molecule has 0 bridgehead atoms. The van der Waals surface area contributed by atoms with E-state index in [1.807, 2.05) is 0 Å². The highest BCUT2D eigenvalue weighted by atomic mass is 16.6. The van der Waals surface area contributed by atoms with Gasteiger partial charge in [0.1, 0.15) is 5.60 Å².